The molecule has 0 bridgehead atoms. The summed E-state index contributed by atoms with van der Waals surface area (Å²) >= 11 is 5.84. The van der Waals surface area contributed by atoms with Gasteiger partial charge in [-0.1, -0.05) is 12.1 Å². The SMILES string of the molecule is Cc1cc(C)cc(N2C(=S)N[C@@H](c3ccccn3)[C@H]2c2cccn2-c2ccc(F)cc2)c1. The van der Waals surface area contributed by atoms with Gasteiger partial charge in [-0.3, -0.25) is 4.98 Å². The van der Waals surface area contributed by atoms with E-state index in [1.807, 2.05) is 30.5 Å². The minimum absolute atomic E-state index is 0.140. The lowest BCUT2D eigenvalue weighted by atomic mass is 10.00. The van der Waals surface area contributed by atoms with Gasteiger partial charge in [0.15, 0.2) is 5.11 Å². The Hall–Kier alpha value is -3.51. The molecular weight excluding hydrogens is 419 g/mol. The maximum absolute atomic E-state index is 13.6. The molecule has 0 saturated carbocycles. The van der Waals surface area contributed by atoms with Gasteiger partial charge in [0.1, 0.15) is 11.9 Å². The van der Waals surface area contributed by atoms with Crippen LogP contribution < -0.4 is 10.2 Å². The van der Waals surface area contributed by atoms with Crippen LogP contribution in [-0.2, 0) is 0 Å². The highest BCUT2D eigenvalue weighted by Gasteiger charge is 2.42. The van der Waals surface area contributed by atoms with Gasteiger partial charge in [0.05, 0.1) is 11.7 Å². The zero-order valence-electron chi connectivity index (χ0n) is 17.9. The Morgan fingerprint density at radius 2 is 1.66 bits per heavy atom. The van der Waals surface area contributed by atoms with E-state index in [0.29, 0.717) is 5.11 Å². The Labute approximate surface area is 192 Å². The van der Waals surface area contributed by atoms with E-state index >= 15 is 0 Å². The molecule has 4 nitrogen and oxygen atoms in total. The van der Waals surface area contributed by atoms with E-state index < -0.39 is 0 Å². The summed E-state index contributed by atoms with van der Waals surface area (Å²) in [5, 5.41) is 4.16. The second-order valence-corrected chi connectivity index (χ2v) is 8.51. The van der Waals surface area contributed by atoms with Crippen molar-refractivity contribution in [1.82, 2.24) is 14.9 Å². The van der Waals surface area contributed by atoms with Crippen LogP contribution in [0.4, 0.5) is 10.1 Å². The van der Waals surface area contributed by atoms with Crippen molar-refractivity contribution in [3.8, 4) is 5.69 Å². The number of benzene rings is 2. The fourth-order valence-corrected chi connectivity index (χ4v) is 4.84. The van der Waals surface area contributed by atoms with Crippen LogP contribution in [0.25, 0.3) is 5.69 Å². The number of rotatable bonds is 4. The van der Waals surface area contributed by atoms with E-state index in [2.05, 4.69) is 57.9 Å². The van der Waals surface area contributed by atoms with E-state index in [1.165, 1.54) is 23.3 Å². The van der Waals surface area contributed by atoms with Crippen molar-refractivity contribution in [2.75, 3.05) is 4.90 Å². The van der Waals surface area contributed by atoms with Gasteiger partial charge >= 0.3 is 0 Å². The van der Waals surface area contributed by atoms with Gasteiger partial charge in [0.2, 0.25) is 0 Å². The lowest BCUT2D eigenvalue weighted by molar-refractivity contribution is 0.549. The Bertz CT molecular complexity index is 1250. The molecule has 2 atom stereocenters. The van der Waals surface area contributed by atoms with Crippen LogP contribution in [0.15, 0.2) is 85.2 Å². The molecule has 1 aliphatic rings. The van der Waals surface area contributed by atoms with Crippen LogP contribution in [0.3, 0.4) is 0 Å². The topological polar surface area (TPSA) is 33.1 Å². The summed E-state index contributed by atoms with van der Waals surface area (Å²) in [5.41, 5.74) is 6.24. The van der Waals surface area contributed by atoms with Crippen LogP contribution in [0.5, 0.6) is 0 Å². The third-order valence-electron chi connectivity index (χ3n) is 5.77. The molecule has 4 aromatic rings. The Kier molecular flexibility index (Phi) is 5.23. The minimum Gasteiger partial charge on any atom is -0.351 e. The number of halogens is 1. The number of aromatic nitrogens is 2. The number of hydrogen-bond donors (Lipinski definition) is 1. The molecule has 160 valence electrons. The molecule has 0 unspecified atom stereocenters. The van der Waals surface area contributed by atoms with Crippen LogP contribution in [0.1, 0.15) is 34.6 Å². The quantitative estimate of drug-likeness (QED) is 0.405. The average Bonchev–Trinajstić information content (AvgIpc) is 3.38. The van der Waals surface area contributed by atoms with E-state index in [1.54, 1.807) is 18.3 Å². The van der Waals surface area contributed by atoms with Gasteiger partial charge in [-0.2, -0.15) is 0 Å². The highest BCUT2D eigenvalue weighted by Crippen LogP contribution is 2.42. The first-order valence-corrected chi connectivity index (χ1v) is 10.9. The third kappa shape index (κ3) is 3.67. The monoisotopic (exact) mass is 442 g/mol. The lowest BCUT2D eigenvalue weighted by Crippen LogP contribution is -2.30. The first-order chi connectivity index (χ1) is 15.5. The maximum Gasteiger partial charge on any atom is 0.174 e. The first-order valence-electron chi connectivity index (χ1n) is 10.5. The molecule has 1 fully saturated rings. The first kappa shape index (κ1) is 20.4. The summed E-state index contributed by atoms with van der Waals surface area (Å²) in [6.45, 7) is 4.19. The van der Waals surface area contributed by atoms with Gasteiger partial charge in [0.25, 0.3) is 0 Å². The lowest BCUT2D eigenvalue weighted by Gasteiger charge is -2.29. The number of hydrogen-bond acceptors (Lipinski definition) is 2. The fraction of sp³-hybridized carbons (Fsp3) is 0.154. The Balaban J connectivity index is 1.68. The van der Waals surface area contributed by atoms with Crippen molar-refractivity contribution < 1.29 is 4.39 Å². The van der Waals surface area contributed by atoms with Crippen LogP contribution >= 0.6 is 12.2 Å². The fourth-order valence-electron chi connectivity index (χ4n) is 4.50. The summed E-state index contributed by atoms with van der Waals surface area (Å²) in [5.74, 6) is -0.255. The summed E-state index contributed by atoms with van der Waals surface area (Å²) < 4.78 is 15.7. The van der Waals surface area contributed by atoms with E-state index in [4.69, 9.17) is 12.2 Å². The maximum atomic E-state index is 13.6. The molecule has 1 N–H and O–H groups in total. The normalized spacial score (nSPS) is 18.1. The minimum atomic E-state index is -0.255. The van der Waals surface area contributed by atoms with Crippen molar-refractivity contribution in [2.45, 2.75) is 25.9 Å². The summed E-state index contributed by atoms with van der Waals surface area (Å²) in [7, 11) is 0. The predicted octanol–water partition coefficient (Wildman–Crippen LogP) is 5.81. The average molecular weight is 443 g/mol. The molecule has 1 saturated heterocycles. The largest absolute Gasteiger partial charge is 0.351 e. The summed E-state index contributed by atoms with van der Waals surface area (Å²) in [6, 6.07) is 22.7. The van der Waals surface area contributed by atoms with Crippen molar-refractivity contribution in [3.05, 3.63) is 114 Å². The van der Waals surface area contributed by atoms with Crippen molar-refractivity contribution in [3.63, 3.8) is 0 Å². The summed E-state index contributed by atoms with van der Waals surface area (Å²) in [6.07, 6.45) is 3.80. The van der Waals surface area contributed by atoms with Gasteiger partial charge < -0.3 is 14.8 Å². The smallest absolute Gasteiger partial charge is 0.174 e. The van der Waals surface area contributed by atoms with E-state index in [-0.39, 0.29) is 17.9 Å². The van der Waals surface area contributed by atoms with Crippen LogP contribution in [0.2, 0.25) is 0 Å². The second-order valence-electron chi connectivity index (χ2n) is 8.12. The van der Waals surface area contributed by atoms with Crippen LogP contribution in [-0.4, -0.2) is 14.7 Å². The molecule has 2 aromatic carbocycles. The number of nitrogens with zero attached hydrogens (tertiary/aromatic N) is 3. The van der Waals surface area contributed by atoms with E-state index in [0.717, 1.165) is 22.8 Å². The molecule has 0 aliphatic carbocycles. The molecule has 5 rings (SSSR count). The number of pyridine rings is 1. The predicted molar refractivity (Wildman–Crippen MR) is 130 cm³/mol. The highest BCUT2D eigenvalue weighted by atomic mass is 32.1. The van der Waals surface area contributed by atoms with Crippen molar-refractivity contribution >= 4 is 23.0 Å². The third-order valence-corrected chi connectivity index (χ3v) is 6.09. The van der Waals surface area contributed by atoms with Gasteiger partial charge in [-0.15, -0.1) is 0 Å². The molecule has 0 amide bonds. The molecule has 32 heavy (non-hydrogen) atoms. The van der Waals surface area contributed by atoms with E-state index in [9.17, 15) is 4.39 Å². The van der Waals surface area contributed by atoms with Crippen molar-refractivity contribution in [2.24, 2.45) is 0 Å². The summed E-state index contributed by atoms with van der Waals surface area (Å²) in [4.78, 5) is 6.80. The second kappa shape index (κ2) is 8.20. The van der Waals surface area contributed by atoms with Gasteiger partial charge in [-0.05, 0) is 97.9 Å². The zero-order valence-corrected chi connectivity index (χ0v) is 18.7. The zero-order chi connectivity index (χ0) is 22.2. The molecule has 2 aromatic heterocycles. The van der Waals surface area contributed by atoms with Crippen LogP contribution in [0, 0.1) is 19.7 Å². The Morgan fingerprint density at radius 3 is 2.34 bits per heavy atom. The molecular formula is C26H23FN4S. The molecule has 0 radical (unpaired) electrons. The number of anilines is 1. The number of nitrogens with one attached hydrogen (secondary N) is 1. The molecule has 3 heterocycles. The molecule has 0 spiro atoms. The number of thiocarbonyl (C=S) groups is 1. The standard InChI is InChI=1S/C26H23FN4S/c1-17-14-18(2)16-21(15-17)31-25(24(29-26(31)32)22-6-3-4-12-28-22)23-7-5-13-30(23)20-10-8-19(27)9-11-20/h3-16,24-25H,1-2H3,(H,29,32)/t24-,25+/m0/s1. The van der Waals surface area contributed by atoms with Crippen molar-refractivity contribution in [1.29, 1.82) is 0 Å². The molecule has 1 aliphatic heterocycles. The number of aryl methyl sites for hydroxylation is 2. The molecule has 6 heteroatoms. The van der Waals surface area contributed by atoms with Gasteiger partial charge in [0, 0.05) is 29.5 Å². The van der Waals surface area contributed by atoms with Gasteiger partial charge in [-0.25, -0.2) is 4.39 Å². The highest BCUT2D eigenvalue weighted by molar-refractivity contribution is 7.80. The Morgan fingerprint density at radius 1 is 0.906 bits per heavy atom.